The Hall–Kier alpha value is -2.41. The van der Waals surface area contributed by atoms with Crippen molar-refractivity contribution >= 4 is 17.9 Å². The second-order valence-electron chi connectivity index (χ2n) is 8.87. The molecule has 0 amide bonds. The molecule has 1 aliphatic carbocycles. The zero-order chi connectivity index (χ0) is 24.0. The Bertz CT molecular complexity index is 794. The van der Waals surface area contributed by atoms with Crippen molar-refractivity contribution in [3.05, 3.63) is 35.5 Å². The predicted octanol–water partition coefficient (Wildman–Crippen LogP) is 3.66. The van der Waals surface area contributed by atoms with E-state index in [1.54, 1.807) is 19.9 Å². The van der Waals surface area contributed by atoms with Gasteiger partial charge < -0.3 is 19.3 Å². The molecular formula is C25H36O7. The second kappa shape index (κ2) is 11.5. The highest BCUT2D eigenvalue weighted by molar-refractivity contribution is 5.91. The highest BCUT2D eigenvalue weighted by atomic mass is 16.6. The van der Waals surface area contributed by atoms with Crippen molar-refractivity contribution in [2.45, 2.75) is 78.6 Å². The van der Waals surface area contributed by atoms with E-state index in [-0.39, 0.29) is 30.0 Å². The standard InChI is InChI=1S/C25H36O7/c1-7-15(4)23(27)30-13-18-12-21(31-24(28)16(5)8-2)22-17(6)25(29)32-20(22)11-14(3)9-10-19(18)26/h9,12,15-16,19-22,26H,6-8,10-11,13H2,1-5H3. The van der Waals surface area contributed by atoms with Crippen LogP contribution >= 0.6 is 0 Å². The number of hydrogen-bond donors (Lipinski definition) is 1. The van der Waals surface area contributed by atoms with Gasteiger partial charge in [-0.2, -0.15) is 0 Å². The SMILES string of the molecule is C=C1C(=O)OC2CC(C)=CCC(O)C(COC(=O)C(C)CC)=CC(OC(=O)C(C)CC)C12. The Kier molecular flexibility index (Phi) is 9.25. The Balaban J connectivity index is 2.44. The first-order chi connectivity index (χ1) is 15.1. The van der Waals surface area contributed by atoms with Crippen LogP contribution in [0, 0.1) is 17.8 Å². The van der Waals surface area contributed by atoms with Crippen molar-refractivity contribution in [2.75, 3.05) is 6.61 Å². The van der Waals surface area contributed by atoms with Crippen molar-refractivity contribution in [2.24, 2.45) is 17.8 Å². The summed E-state index contributed by atoms with van der Waals surface area (Å²) in [6, 6.07) is 0. The lowest BCUT2D eigenvalue weighted by Crippen LogP contribution is -2.35. The van der Waals surface area contributed by atoms with Gasteiger partial charge in [-0.25, -0.2) is 4.79 Å². The van der Waals surface area contributed by atoms with E-state index in [0.29, 0.717) is 31.3 Å². The fraction of sp³-hybridized carbons (Fsp3) is 0.640. The Morgan fingerprint density at radius 1 is 1.22 bits per heavy atom. The third kappa shape index (κ3) is 6.31. The smallest absolute Gasteiger partial charge is 0.334 e. The summed E-state index contributed by atoms with van der Waals surface area (Å²) in [4.78, 5) is 37.2. The summed E-state index contributed by atoms with van der Waals surface area (Å²) in [7, 11) is 0. The largest absolute Gasteiger partial charge is 0.461 e. The molecule has 0 aromatic rings. The second-order valence-corrected chi connectivity index (χ2v) is 8.87. The maximum absolute atomic E-state index is 12.7. The van der Waals surface area contributed by atoms with Gasteiger partial charge in [0.1, 0.15) is 18.8 Å². The lowest BCUT2D eigenvalue weighted by molar-refractivity contribution is -0.154. The number of aliphatic hydroxyl groups is 1. The third-order valence-corrected chi connectivity index (χ3v) is 6.36. The van der Waals surface area contributed by atoms with Gasteiger partial charge in [-0.05, 0) is 37.8 Å². The quantitative estimate of drug-likeness (QED) is 0.275. The van der Waals surface area contributed by atoms with Crippen molar-refractivity contribution < 1.29 is 33.7 Å². The van der Waals surface area contributed by atoms with Gasteiger partial charge in [-0.3, -0.25) is 9.59 Å². The van der Waals surface area contributed by atoms with E-state index in [4.69, 9.17) is 14.2 Å². The Morgan fingerprint density at radius 3 is 2.47 bits per heavy atom. The normalized spacial score (nSPS) is 27.9. The first-order valence-electron chi connectivity index (χ1n) is 11.4. The van der Waals surface area contributed by atoms with Gasteiger partial charge in [0, 0.05) is 12.0 Å². The van der Waals surface area contributed by atoms with Gasteiger partial charge in [-0.15, -0.1) is 0 Å². The monoisotopic (exact) mass is 448 g/mol. The highest BCUT2D eigenvalue weighted by Crippen LogP contribution is 2.37. The summed E-state index contributed by atoms with van der Waals surface area (Å²) in [5.74, 6) is -2.48. The third-order valence-electron chi connectivity index (χ3n) is 6.36. The lowest BCUT2D eigenvalue weighted by Gasteiger charge is -2.28. The number of rotatable bonds is 7. The molecule has 6 unspecified atom stereocenters. The summed E-state index contributed by atoms with van der Waals surface area (Å²) < 4.78 is 16.8. The van der Waals surface area contributed by atoms with Crippen molar-refractivity contribution in [1.82, 2.24) is 0 Å². The molecule has 0 saturated carbocycles. The Labute approximate surface area is 190 Å². The summed E-state index contributed by atoms with van der Waals surface area (Å²) >= 11 is 0. The van der Waals surface area contributed by atoms with Crippen LogP contribution in [0.4, 0.5) is 0 Å². The van der Waals surface area contributed by atoms with Crippen molar-refractivity contribution in [1.29, 1.82) is 0 Å². The van der Waals surface area contributed by atoms with Crippen LogP contribution in [-0.2, 0) is 28.6 Å². The zero-order valence-corrected chi connectivity index (χ0v) is 19.8. The van der Waals surface area contributed by atoms with Crippen LogP contribution in [0.1, 0.15) is 60.3 Å². The molecule has 1 heterocycles. The molecule has 0 aromatic heterocycles. The lowest BCUT2D eigenvalue weighted by atomic mass is 9.85. The maximum Gasteiger partial charge on any atom is 0.334 e. The topological polar surface area (TPSA) is 99.1 Å². The van der Waals surface area contributed by atoms with Gasteiger partial charge >= 0.3 is 17.9 Å². The van der Waals surface area contributed by atoms with Gasteiger partial charge in [0.2, 0.25) is 0 Å². The summed E-state index contributed by atoms with van der Waals surface area (Å²) in [5.41, 5.74) is 1.58. The number of carbonyl (C=O) groups excluding carboxylic acids is 3. The molecule has 1 aliphatic heterocycles. The number of esters is 3. The number of fused-ring (bicyclic) bond motifs is 1. The number of carbonyl (C=O) groups is 3. The van der Waals surface area contributed by atoms with E-state index in [2.05, 4.69) is 6.58 Å². The summed E-state index contributed by atoms with van der Waals surface area (Å²) in [5, 5.41) is 10.8. The average Bonchev–Trinajstić information content (AvgIpc) is 3.04. The first kappa shape index (κ1) is 25.8. The van der Waals surface area contributed by atoms with Gasteiger partial charge in [0.05, 0.1) is 23.9 Å². The van der Waals surface area contributed by atoms with Gasteiger partial charge in [0.25, 0.3) is 0 Å². The Morgan fingerprint density at radius 2 is 1.84 bits per heavy atom. The molecule has 2 rings (SSSR count). The number of ether oxygens (including phenoxy) is 3. The molecule has 7 nitrogen and oxygen atoms in total. The van der Waals surface area contributed by atoms with Crippen LogP contribution < -0.4 is 0 Å². The molecule has 7 heteroatoms. The van der Waals surface area contributed by atoms with Gasteiger partial charge in [0.15, 0.2) is 0 Å². The molecule has 0 radical (unpaired) electrons. The fourth-order valence-electron chi connectivity index (χ4n) is 3.65. The summed E-state index contributed by atoms with van der Waals surface area (Å²) in [6.07, 6.45) is 3.14. The van der Waals surface area contributed by atoms with E-state index in [1.165, 1.54) is 0 Å². The fourth-order valence-corrected chi connectivity index (χ4v) is 3.65. The van der Waals surface area contributed by atoms with Crippen LogP contribution in [0.5, 0.6) is 0 Å². The van der Waals surface area contributed by atoms with Crippen molar-refractivity contribution in [3.63, 3.8) is 0 Å². The number of aliphatic hydroxyl groups excluding tert-OH is 1. The average molecular weight is 449 g/mol. The molecule has 2 aliphatic rings. The molecule has 1 N–H and O–H groups in total. The van der Waals surface area contributed by atoms with Crippen LogP contribution in [0.2, 0.25) is 0 Å². The highest BCUT2D eigenvalue weighted by Gasteiger charge is 2.45. The minimum Gasteiger partial charge on any atom is -0.461 e. The van der Waals surface area contributed by atoms with E-state index in [0.717, 1.165) is 5.57 Å². The molecular weight excluding hydrogens is 412 g/mol. The predicted molar refractivity (Wildman–Crippen MR) is 119 cm³/mol. The zero-order valence-electron chi connectivity index (χ0n) is 19.8. The van der Waals surface area contributed by atoms with Crippen LogP contribution in [0.15, 0.2) is 35.5 Å². The molecule has 0 aromatic carbocycles. The summed E-state index contributed by atoms with van der Waals surface area (Å²) in [6.45, 7) is 13.0. The molecule has 32 heavy (non-hydrogen) atoms. The van der Waals surface area contributed by atoms with Crippen LogP contribution in [0.25, 0.3) is 0 Å². The molecule has 178 valence electrons. The van der Waals surface area contributed by atoms with Crippen LogP contribution in [-0.4, -0.2) is 47.9 Å². The van der Waals surface area contributed by atoms with E-state index >= 15 is 0 Å². The molecule has 1 saturated heterocycles. The molecule has 0 bridgehead atoms. The van der Waals surface area contributed by atoms with Crippen LogP contribution in [0.3, 0.4) is 0 Å². The first-order valence-corrected chi connectivity index (χ1v) is 11.4. The van der Waals surface area contributed by atoms with Gasteiger partial charge in [-0.1, -0.05) is 45.9 Å². The molecule has 1 fully saturated rings. The van der Waals surface area contributed by atoms with E-state index in [9.17, 15) is 19.5 Å². The molecule has 0 spiro atoms. The maximum atomic E-state index is 12.7. The van der Waals surface area contributed by atoms with E-state index in [1.807, 2.05) is 26.8 Å². The minimum absolute atomic E-state index is 0.132. The minimum atomic E-state index is -0.928. The number of hydrogen-bond acceptors (Lipinski definition) is 7. The van der Waals surface area contributed by atoms with Crippen molar-refractivity contribution in [3.8, 4) is 0 Å². The molecule has 6 atom stereocenters. The van der Waals surface area contributed by atoms with E-state index < -0.39 is 36.2 Å².